The second-order valence-electron chi connectivity index (χ2n) is 6.93. The molecule has 0 aromatic heterocycles. The summed E-state index contributed by atoms with van der Waals surface area (Å²) in [5, 5.41) is 3.88. The highest BCUT2D eigenvalue weighted by Gasteiger charge is 2.34. The molecule has 104 valence electrons. The van der Waals surface area contributed by atoms with E-state index >= 15 is 0 Å². The van der Waals surface area contributed by atoms with Crippen LogP contribution in [-0.4, -0.2) is 36.6 Å². The van der Waals surface area contributed by atoms with Crippen molar-refractivity contribution in [2.45, 2.75) is 70.4 Å². The molecule has 2 saturated carbocycles. The van der Waals surface area contributed by atoms with Gasteiger partial charge in [-0.25, -0.2) is 0 Å². The molecule has 0 aromatic carbocycles. The Morgan fingerprint density at radius 3 is 2.72 bits per heavy atom. The summed E-state index contributed by atoms with van der Waals surface area (Å²) in [7, 11) is 0. The standard InChI is InChI=1S/C16H30N2/c1-2-13-4-3-5-15(10-13)17-11-14-8-9-18(12-14)16-6-7-16/h13-17H,2-12H2,1H3. The summed E-state index contributed by atoms with van der Waals surface area (Å²) in [5.74, 6) is 1.94. The highest BCUT2D eigenvalue weighted by atomic mass is 15.2. The van der Waals surface area contributed by atoms with Gasteiger partial charge >= 0.3 is 0 Å². The normalized spacial score (nSPS) is 38.2. The summed E-state index contributed by atoms with van der Waals surface area (Å²) in [6.45, 7) is 6.39. The first-order valence-corrected chi connectivity index (χ1v) is 8.32. The van der Waals surface area contributed by atoms with Gasteiger partial charge < -0.3 is 10.2 Å². The van der Waals surface area contributed by atoms with Crippen LogP contribution in [0.2, 0.25) is 0 Å². The van der Waals surface area contributed by atoms with E-state index in [9.17, 15) is 0 Å². The van der Waals surface area contributed by atoms with Gasteiger partial charge in [0, 0.05) is 18.6 Å². The van der Waals surface area contributed by atoms with E-state index in [0.29, 0.717) is 0 Å². The zero-order valence-electron chi connectivity index (χ0n) is 12.0. The van der Waals surface area contributed by atoms with Gasteiger partial charge in [-0.1, -0.05) is 26.2 Å². The molecule has 3 atom stereocenters. The van der Waals surface area contributed by atoms with Crippen LogP contribution in [0.4, 0.5) is 0 Å². The lowest BCUT2D eigenvalue weighted by molar-refractivity contribution is 0.264. The average molecular weight is 250 g/mol. The van der Waals surface area contributed by atoms with Crippen molar-refractivity contribution in [3.63, 3.8) is 0 Å². The van der Waals surface area contributed by atoms with Crippen LogP contribution in [0, 0.1) is 11.8 Å². The maximum absolute atomic E-state index is 3.88. The van der Waals surface area contributed by atoms with Crippen molar-refractivity contribution >= 4 is 0 Å². The highest BCUT2D eigenvalue weighted by Crippen LogP contribution is 2.32. The van der Waals surface area contributed by atoms with E-state index in [1.54, 1.807) is 0 Å². The Kier molecular flexibility index (Phi) is 4.25. The number of hydrogen-bond donors (Lipinski definition) is 1. The van der Waals surface area contributed by atoms with Crippen molar-refractivity contribution in [1.82, 2.24) is 10.2 Å². The summed E-state index contributed by atoms with van der Waals surface area (Å²) in [6, 6.07) is 1.81. The number of hydrogen-bond acceptors (Lipinski definition) is 2. The van der Waals surface area contributed by atoms with Crippen LogP contribution in [0.3, 0.4) is 0 Å². The lowest BCUT2D eigenvalue weighted by Crippen LogP contribution is -2.37. The minimum absolute atomic E-state index is 0.832. The zero-order chi connectivity index (χ0) is 12.4. The van der Waals surface area contributed by atoms with Gasteiger partial charge in [-0.2, -0.15) is 0 Å². The van der Waals surface area contributed by atoms with E-state index in [0.717, 1.165) is 23.9 Å². The molecule has 3 fully saturated rings. The predicted octanol–water partition coefficient (Wildman–Crippen LogP) is 3.03. The minimum atomic E-state index is 0.832. The van der Waals surface area contributed by atoms with Gasteiger partial charge in [0.2, 0.25) is 0 Å². The molecule has 0 aromatic rings. The number of nitrogens with one attached hydrogen (secondary N) is 1. The number of likely N-dealkylation sites (tertiary alicyclic amines) is 1. The lowest BCUT2D eigenvalue weighted by atomic mass is 9.84. The topological polar surface area (TPSA) is 15.3 Å². The number of nitrogens with zero attached hydrogens (tertiary/aromatic N) is 1. The van der Waals surface area contributed by atoms with Crippen molar-refractivity contribution in [3.05, 3.63) is 0 Å². The Bertz CT molecular complexity index is 262. The first-order valence-electron chi connectivity index (χ1n) is 8.32. The maximum Gasteiger partial charge on any atom is 0.00965 e. The minimum Gasteiger partial charge on any atom is -0.314 e. The molecule has 1 aliphatic heterocycles. The zero-order valence-corrected chi connectivity index (χ0v) is 12.0. The molecule has 3 rings (SSSR count). The first kappa shape index (κ1) is 12.9. The fraction of sp³-hybridized carbons (Fsp3) is 1.00. The van der Waals surface area contributed by atoms with E-state index in [4.69, 9.17) is 0 Å². The molecule has 2 heteroatoms. The monoisotopic (exact) mass is 250 g/mol. The summed E-state index contributed by atoms with van der Waals surface area (Å²) in [6.07, 6.45) is 11.6. The molecule has 1 heterocycles. The maximum atomic E-state index is 3.88. The second kappa shape index (κ2) is 5.92. The molecule has 0 bridgehead atoms. The lowest BCUT2D eigenvalue weighted by Gasteiger charge is -2.30. The molecule has 2 nitrogen and oxygen atoms in total. The van der Waals surface area contributed by atoms with E-state index < -0.39 is 0 Å². The molecule has 18 heavy (non-hydrogen) atoms. The first-order chi connectivity index (χ1) is 8.85. The third-order valence-electron chi connectivity index (χ3n) is 5.44. The molecular weight excluding hydrogens is 220 g/mol. The Hall–Kier alpha value is -0.0800. The van der Waals surface area contributed by atoms with Crippen LogP contribution in [0.15, 0.2) is 0 Å². The third kappa shape index (κ3) is 3.27. The SMILES string of the molecule is CCC1CCCC(NCC2CCN(C3CC3)C2)C1. The molecule has 0 radical (unpaired) electrons. The van der Waals surface area contributed by atoms with Crippen LogP contribution < -0.4 is 5.32 Å². The Morgan fingerprint density at radius 2 is 1.94 bits per heavy atom. The van der Waals surface area contributed by atoms with Crippen molar-refractivity contribution in [2.75, 3.05) is 19.6 Å². The smallest absolute Gasteiger partial charge is 0.00965 e. The largest absolute Gasteiger partial charge is 0.314 e. The Balaban J connectivity index is 1.36. The van der Waals surface area contributed by atoms with Crippen LogP contribution in [0.1, 0.15) is 58.3 Å². The molecule has 0 spiro atoms. The molecule has 3 unspecified atom stereocenters. The van der Waals surface area contributed by atoms with Crippen molar-refractivity contribution in [1.29, 1.82) is 0 Å². The molecule has 0 amide bonds. The molecule has 1 N–H and O–H groups in total. The fourth-order valence-corrected chi connectivity index (χ4v) is 3.98. The summed E-state index contributed by atoms with van der Waals surface area (Å²) < 4.78 is 0. The molecule has 2 aliphatic carbocycles. The molecule has 1 saturated heterocycles. The van der Waals surface area contributed by atoms with Crippen LogP contribution >= 0.6 is 0 Å². The van der Waals surface area contributed by atoms with Crippen LogP contribution in [-0.2, 0) is 0 Å². The van der Waals surface area contributed by atoms with Crippen LogP contribution in [0.25, 0.3) is 0 Å². The van der Waals surface area contributed by atoms with Crippen molar-refractivity contribution in [3.8, 4) is 0 Å². The van der Waals surface area contributed by atoms with E-state index in [-0.39, 0.29) is 0 Å². The van der Waals surface area contributed by atoms with Gasteiger partial charge in [-0.05, 0) is 57.0 Å². The third-order valence-corrected chi connectivity index (χ3v) is 5.44. The van der Waals surface area contributed by atoms with Gasteiger partial charge in [-0.15, -0.1) is 0 Å². The van der Waals surface area contributed by atoms with Gasteiger partial charge in [-0.3, -0.25) is 0 Å². The van der Waals surface area contributed by atoms with Crippen molar-refractivity contribution in [2.24, 2.45) is 11.8 Å². The van der Waals surface area contributed by atoms with Gasteiger partial charge in [0.25, 0.3) is 0 Å². The summed E-state index contributed by atoms with van der Waals surface area (Å²) in [5.41, 5.74) is 0. The van der Waals surface area contributed by atoms with E-state index in [1.807, 2.05) is 0 Å². The van der Waals surface area contributed by atoms with E-state index in [2.05, 4.69) is 17.1 Å². The van der Waals surface area contributed by atoms with Crippen molar-refractivity contribution < 1.29 is 0 Å². The summed E-state index contributed by atoms with van der Waals surface area (Å²) >= 11 is 0. The Labute approximate surface area is 113 Å². The second-order valence-corrected chi connectivity index (χ2v) is 6.93. The Morgan fingerprint density at radius 1 is 1.06 bits per heavy atom. The van der Waals surface area contributed by atoms with E-state index in [1.165, 1.54) is 71.0 Å². The summed E-state index contributed by atoms with van der Waals surface area (Å²) in [4.78, 5) is 2.74. The molecule has 3 aliphatic rings. The van der Waals surface area contributed by atoms with Gasteiger partial charge in [0.05, 0.1) is 0 Å². The predicted molar refractivity (Wildman–Crippen MR) is 76.7 cm³/mol. The fourth-order valence-electron chi connectivity index (χ4n) is 3.98. The average Bonchev–Trinajstić information content (AvgIpc) is 3.16. The van der Waals surface area contributed by atoms with Crippen LogP contribution in [0.5, 0.6) is 0 Å². The molecular formula is C16H30N2. The van der Waals surface area contributed by atoms with Gasteiger partial charge in [0.1, 0.15) is 0 Å². The quantitative estimate of drug-likeness (QED) is 0.807. The number of rotatable bonds is 5. The van der Waals surface area contributed by atoms with Gasteiger partial charge in [0.15, 0.2) is 0 Å². The highest BCUT2D eigenvalue weighted by molar-refractivity contribution is 4.90.